The largest absolute Gasteiger partial charge is 0.393 e. The van der Waals surface area contributed by atoms with E-state index < -0.39 is 22.9 Å². The van der Waals surface area contributed by atoms with E-state index in [9.17, 15) is 14.7 Å². The zero-order valence-corrected chi connectivity index (χ0v) is 19.5. The van der Waals surface area contributed by atoms with Gasteiger partial charge < -0.3 is 19.5 Å². The average Bonchev–Trinajstić information content (AvgIpc) is 3.07. The van der Waals surface area contributed by atoms with Gasteiger partial charge in [0.2, 0.25) is 0 Å². The SMILES string of the molecule is CN(C)C(=O)[C@@]12OC(C)(C)O[C@@H]1C[C@H]1C3CCC4=CC(=O)C=C[C@]4(C)[C@H]3[C@@H](O)C[C@@]12C. The number of carbonyl (C=O) groups is 2. The molecule has 3 saturated carbocycles. The van der Waals surface area contributed by atoms with Crippen LogP contribution in [0.25, 0.3) is 0 Å². The van der Waals surface area contributed by atoms with Gasteiger partial charge >= 0.3 is 0 Å². The van der Waals surface area contributed by atoms with E-state index in [1.165, 1.54) is 0 Å². The number of nitrogens with zero attached hydrogens (tertiary/aromatic N) is 1. The molecule has 1 amide bonds. The summed E-state index contributed by atoms with van der Waals surface area (Å²) in [5, 5.41) is 11.6. The minimum Gasteiger partial charge on any atom is -0.393 e. The average molecular weight is 430 g/mol. The molecule has 4 fully saturated rings. The maximum atomic E-state index is 13.7. The van der Waals surface area contributed by atoms with Crippen molar-refractivity contribution in [3.05, 3.63) is 23.8 Å². The van der Waals surface area contributed by atoms with Crippen LogP contribution in [0.2, 0.25) is 0 Å². The van der Waals surface area contributed by atoms with Gasteiger partial charge in [-0.25, -0.2) is 0 Å². The van der Waals surface area contributed by atoms with Crippen molar-refractivity contribution in [3.63, 3.8) is 0 Å². The summed E-state index contributed by atoms with van der Waals surface area (Å²) >= 11 is 0. The topological polar surface area (TPSA) is 76.1 Å². The molecule has 0 aromatic rings. The molecule has 5 rings (SSSR count). The van der Waals surface area contributed by atoms with Crippen LogP contribution >= 0.6 is 0 Å². The molecule has 8 atom stereocenters. The molecule has 6 nitrogen and oxygen atoms in total. The molecule has 1 aliphatic heterocycles. The number of aliphatic hydroxyl groups excluding tert-OH is 1. The first-order chi connectivity index (χ1) is 14.4. The molecule has 0 aromatic heterocycles. The van der Waals surface area contributed by atoms with E-state index in [1.807, 2.05) is 19.9 Å². The van der Waals surface area contributed by atoms with Gasteiger partial charge in [-0.15, -0.1) is 0 Å². The summed E-state index contributed by atoms with van der Waals surface area (Å²) in [7, 11) is 3.54. The van der Waals surface area contributed by atoms with Crippen LogP contribution < -0.4 is 0 Å². The Kier molecular flexibility index (Phi) is 4.34. The van der Waals surface area contributed by atoms with Crippen LogP contribution in [0.5, 0.6) is 0 Å². The van der Waals surface area contributed by atoms with Crippen molar-refractivity contribution in [1.29, 1.82) is 0 Å². The zero-order chi connectivity index (χ0) is 22.6. The maximum absolute atomic E-state index is 13.7. The molecule has 6 heteroatoms. The quantitative estimate of drug-likeness (QED) is 0.694. The summed E-state index contributed by atoms with van der Waals surface area (Å²) < 4.78 is 12.9. The van der Waals surface area contributed by atoms with Gasteiger partial charge in [0.05, 0.1) is 12.2 Å². The molecule has 5 aliphatic rings. The van der Waals surface area contributed by atoms with Crippen LogP contribution in [-0.4, -0.2) is 59.4 Å². The second kappa shape index (κ2) is 6.30. The smallest absolute Gasteiger partial charge is 0.257 e. The van der Waals surface area contributed by atoms with Crippen molar-refractivity contribution in [2.24, 2.45) is 28.6 Å². The number of aliphatic hydroxyl groups is 1. The Morgan fingerprint density at radius 1 is 1.23 bits per heavy atom. The Morgan fingerprint density at radius 2 is 1.94 bits per heavy atom. The van der Waals surface area contributed by atoms with Gasteiger partial charge in [0.25, 0.3) is 5.91 Å². The summed E-state index contributed by atoms with van der Waals surface area (Å²) in [6.45, 7) is 8.05. The molecule has 1 N–H and O–H groups in total. The summed E-state index contributed by atoms with van der Waals surface area (Å²) in [6.07, 6.45) is 7.52. The van der Waals surface area contributed by atoms with Gasteiger partial charge in [0.15, 0.2) is 17.2 Å². The van der Waals surface area contributed by atoms with E-state index in [-0.39, 0.29) is 41.0 Å². The van der Waals surface area contributed by atoms with Crippen molar-refractivity contribution in [1.82, 2.24) is 4.90 Å². The first-order valence-electron chi connectivity index (χ1n) is 11.6. The highest BCUT2D eigenvalue weighted by Gasteiger charge is 2.77. The first kappa shape index (κ1) is 21.4. The molecular weight excluding hydrogens is 394 g/mol. The number of hydrogen-bond acceptors (Lipinski definition) is 5. The standard InChI is InChI=1S/C25H35NO5/c1-22(2)30-19-12-17-16-8-7-14-11-15(27)9-10-23(14,3)20(16)18(28)13-24(17,4)25(19,31-22)21(29)26(5)6/h9-11,16-20,28H,7-8,12-13H2,1-6H3/t16?,17-,18-,19+,20+,23-,24-,25-/m0/s1. The van der Waals surface area contributed by atoms with Gasteiger partial charge in [-0.2, -0.15) is 0 Å². The van der Waals surface area contributed by atoms with E-state index in [1.54, 1.807) is 31.1 Å². The summed E-state index contributed by atoms with van der Waals surface area (Å²) in [4.78, 5) is 27.3. The second-order valence-corrected chi connectivity index (χ2v) is 11.5. The van der Waals surface area contributed by atoms with E-state index >= 15 is 0 Å². The highest BCUT2D eigenvalue weighted by Crippen LogP contribution is 2.70. The lowest BCUT2D eigenvalue weighted by molar-refractivity contribution is -0.228. The molecule has 31 heavy (non-hydrogen) atoms. The van der Waals surface area contributed by atoms with E-state index in [2.05, 4.69) is 13.8 Å². The molecule has 1 unspecified atom stereocenters. The molecule has 4 aliphatic carbocycles. The Morgan fingerprint density at radius 3 is 2.61 bits per heavy atom. The number of rotatable bonds is 1. The van der Waals surface area contributed by atoms with Crippen LogP contribution in [-0.2, 0) is 19.1 Å². The number of hydrogen-bond donors (Lipinski definition) is 1. The van der Waals surface area contributed by atoms with Gasteiger partial charge in [-0.3, -0.25) is 9.59 Å². The Bertz CT molecular complexity index is 906. The van der Waals surface area contributed by atoms with Gasteiger partial charge in [-0.1, -0.05) is 25.5 Å². The lowest BCUT2D eigenvalue weighted by atomic mass is 9.46. The van der Waals surface area contributed by atoms with Crippen molar-refractivity contribution in [2.75, 3.05) is 14.1 Å². The van der Waals surface area contributed by atoms with E-state index in [0.29, 0.717) is 6.42 Å². The minimum absolute atomic E-state index is 0.0215. The maximum Gasteiger partial charge on any atom is 0.257 e. The summed E-state index contributed by atoms with van der Waals surface area (Å²) in [5.41, 5.74) is -0.810. The lowest BCUT2D eigenvalue weighted by Crippen LogP contribution is -2.65. The highest BCUT2D eigenvalue weighted by molar-refractivity contribution is 6.01. The fraction of sp³-hybridized carbons (Fsp3) is 0.760. The lowest BCUT2D eigenvalue weighted by Gasteiger charge is -2.60. The third-order valence-corrected chi connectivity index (χ3v) is 9.21. The van der Waals surface area contributed by atoms with Gasteiger partial charge in [-0.05, 0) is 63.5 Å². The number of ether oxygens (including phenoxy) is 2. The molecule has 0 aromatic carbocycles. The number of amides is 1. The second-order valence-electron chi connectivity index (χ2n) is 11.5. The highest BCUT2D eigenvalue weighted by atomic mass is 16.8. The molecular formula is C25H35NO5. The molecule has 0 spiro atoms. The number of carbonyl (C=O) groups excluding carboxylic acids is 2. The first-order valence-corrected chi connectivity index (χ1v) is 11.6. The number of allylic oxidation sites excluding steroid dienone is 4. The predicted octanol–water partition coefficient (Wildman–Crippen LogP) is 2.85. The van der Waals surface area contributed by atoms with Crippen molar-refractivity contribution in [2.45, 2.75) is 77.0 Å². The molecule has 0 bridgehead atoms. The van der Waals surface area contributed by atoms with Crippen LogP contribution in [0.4, 0.5) is 0 Å². The Hall–Kier alpha value is -1.50. The fourth-order valence-corrected chi connectivity index (χ4v) is 8.12. The Balaban J connectivity index is 1.60. The zero-order valence-electron chi connectivity index (χ0n) is 19.5. The van der Waals surface area contributed by atoms with Crippen LogP contribution in [0.15, 0.2) is 23.8 Å². The normalized spacial score (nSPS) is 49.6. The summed E-state index contributed by atoms with van der Waals surface area (Å²) in [5.74, 6) is -0.405. The molecule has 170 valence electrons. The third kappa shape index (κ3) is 2.56. The van der Waals surface area contributed by atoms with Crippen molar-refractivity contribution >= 4 is 11.7 Å². The van der Waals surface area contributed by atoms with Crippen LogP contribution in [0.3, 0.4) is 0 Å². The number of ketones is 1. The molecule has 1 saturated heterocycles. The van der Waals surface area contributed by atoms with E-state index in [0.717, 1.165) is 24.8 Å². The fourth-order valence-electron chi connectivity index (χ4n) is 8.12. The predicted molar refractivity (Wildman–Crippen MR) is 115 cm³/mol. The van der Waals surface area contributed by atoms with Gasteiger partial charge in [0, 0.05) is 30.8 Å². The molecule has 0 radical (unpaired) electrons. The van der Waals surface area contributed by atoms with E-state index in [4.69, 9.17) is 9.47 Å². The number of likely N-dealkylation sites (N-methyl/N-ethyl adjacent to an activating group) is 1. The van der Waals surface area contributed by atoms with Crippen molar-refractivity contribution < 1.29 is 24.2 Å². The Labute approximate surface area is 184 Å². The third-order valence-electron chi connectivity index (χ3n) is 9.21. The minimum atomic E-state index is -1.09. The number of fused-ring (bicyclic) bond motifs is 7. The monoisotopic (exact) mass is 429 g/mol. The molecule has 1 heterocycles. The summed E-state index contributed by atoms with van der Waals surface area (Å²) in [6, 6.07) is 0. The van der Waals surface area contributed by atoms with Crippen molar-refractivity contribution in [3.8, 4) is 0 Å². The van der Waals surface area contributed by atoms with Crippen LogP contribution in [0, 0.1) is 28.6 Å². The van der Waals surface area contributed by atoms with Crippen LogP contribution in [0.1, 0.15) is 53.4 Å². The van der Waals surface area contributed by atoms with Gasteiger partial charge in [0.1, 0.15) is 0 Å².